The van der Waals surface area contributed by atoms with E-state index in [0.29, 0.717) is 17.6 Å². The van der Waals surface area contributed by atoms with Crippen molar-refractivity contribution in [2.24, 2.45) is 5.73 Å². The summed E-state index contributed by atoms with van der Waals surface area (Å²) in [5.41, 5.74) is 8.06. The van der Waals surface area contributed by atoms with Crippen molar-refractivity contribution in [1.29, 1.82) is 0 Å². The zero-order valence-corrected chi connectivity index (χ0v) is 21.4. The first kappa shape index (κ1) is 27.1. The molecule has 5 heterocycles. The van der Waals surface area contributed by atoms with E-state index in [1.807, 2.05) is 19.2 Å². The van der Waals surface area contributed by atoms with Gasteiger partial charge < -0.3 is 21.1 Å². The number of fused-ring (bicyclic) bond motifs is 5. The third-order valence-corrected chi connectivity index (χ3v) is 6.86. The van der Waals surface area contributed by atoms with Gasteiger partial charge in [-0.1, -0.05) is 0 Å². The van der Waals surface area contributed by atoms with Crippen molar-refractivity contribution in [3.05, 3.63) is 53.4 Å². The third kappa shape index (κ3) is 6.13. The Kier molecular flexibility index (Phi) is 8.30. The van der Waals surface area contributed by atoms with E-state index in [9.17, 15) is 18.8 Å². The van der Waals surface area contributed by atoms with E-state index in [0.717, 1.165) is 42.9 Å². The summed E-state index contributed by atoms with van der Waals surface area (Å²) in [5, 5.41) is 15.5. The molecule has 3 atom stereocenters. The lowest BCUT2D eigenvalue weighted by Crippen LogP contribution is -2.33. The van der Waals surface area contributed by atoms with Crippen LogP contribution in [0.1, 0.15) is 73.6 Å². The lowest BCUT2D eigenvalue weighted by atomic mass is 9.98. The van der Waals surface area contributed by atoms with Crippen molar-refractivity contribution in [1.82, 2.24) is 24.9 Å². The monoisotopic (exact) mass is 525 g/mol. The fraction of sp³-hybridized carbons (Fsp3) is 0.462. The molecule has 2 aliphatic heterocycles. The maximum Gasteiger partial charge on any atom is 0.303 e. The van der Waals surface area contributed by atoms with Crippen LogP contribution in [0, 0.1) is 5.82 Å². The number of halogens is 1. The summed E-state index contributed by atoms with van der Waals surface area (Å²) in [5.74, 6) is -0.820. The highest BCUT2D eigenvalue weighted by molar-refractivity contribution is 5.99. The van der Waals surface area contributed by atoms with Crippen LogP contribution < -0.4 is 16.0 Å². The second-order valence-electron chi connectivity index (χ2n) is 9.72. The van der Waals surface area contributed by atoms with Crippen molar-refractivity contribution in [2.45, 2.75) is 70.5 Å². The van der Waals surface area contributed by atoms with Gasteiger partial charge in [-0.25, -0.2) is 13.9 Å². The van der Waals surface area contributed by atoms with Crippen LogP contribution >= 0.6 is 0 Å². The topological polar surface area (TPSA) is 156 Å². The quantitative estimate of drug-likeness (QED) is 0.465. The number of nitrogens with one attached hydrogen (secondary N) is 1. The number of aryl methyl sites for hydroxylation is 1. The van der Waals surface area contributed by atoms with Crippen molar-refractivity contribution in [3.8, 4) is 0 Å². The fourth-order valence-electron chi connectivity index (χ4n) is 4.73. The molecule has 1 fully saturated rings. The average Bonchev–Trinajstić information content (AvgIpc) is 3.53. The number of aliphatic carboxylic acids is 1. The minimum absolute atomic E-state index is 0.0271. The molecule has 1 amide bonds. The van der Waals surface area contributed by atoms with E-state index in [4.69, 9.17) is 15.8 Å². The molecule has 0 saturated carbocycles. The number of aromatic nitrogens is 4. The Morgan fingerprint density at radius 1 is 1.32 bits per heavy atom. The summed E-state index contributed by atoms with van der Waals surface area (Å²) >= 11 is 0. The summed E-state index contributed by atoms with van der Waals surface area (Å²) < 4.78 is 15.7. The van der Waals surface area contributed by atoms with E-state index in [-0.39, 0.29) is 42.4 Å². The summed E-state index contributed by atoms with van der Waals surface area (Å²) in [6, 6.07) is 2.87. The molecule has 1 saturated heterocycles. The Balaban J connectivity index is 0.000000289. The van der Waals surface area contributed by atoms with Crippen molar-refractivity contribution in [2.75, 3.05) is 11.4 Å². The molecular weight excluding hydrogens is 493 g/mol. The van der Waals surface area contributed by atoms with Crippen LogP contribution in [-0.4, -0.2) is 61.0 Å². The Bertz CT molecular complexity index is 1340. The first-order chi connectivity index (χ1) is 18.1. The molecule has 38 heavy (non-hydrogen) atoms. The van der Waals surface area contributed by atoms with Crippen LogP contribution in [0.25, 0.3) is 5.65 Å². The number of nitrogens with zero attached hydrogens (tertiary/aromatic N) is 5. The molecule has 2 bridgehead atoms. The van der Waals surface area contributed by atoms with Gasteiger partial charge in [0.2, 0.25) is 0 Å². The first-order valence-electron chi connectivity index (χ1n) is 12.7. The largest absolute Gasteiger partial charge is 0.481 e. The number of nitrogens with two attached hydrogens (primary N) is 1. The molecule has 12 heteroatoms. The Labute approximate surface area is 219 Å². The molecule has 4 N–H and O–H groups in total. The van der Waals surface area contributed by atoms with Crippen molar-refractivity contribution < 1.29 is 23.9 Å². The number of rotatable bonds is 4. The minimum Gasteiger partial charge on any atom is -0.481 e. The number of carbonyl (C=O) groups is 3. The predicted molar refractivity (Wildman–Crippen MR) is 137 cm³/mol. The van der Waals surface area contributed by atoms with Gasteiger partial charge in [0.05, 0.1) is 24.5 Å². The number of anilines is 1. The van der Waals surface area contributed by atoms with Crippen LogP contribution in [0.5, 0.6) is 0 Å². The molecule has 3 aromatic rings. The number of carboxylic acids is 1. The summed E-state index contributed by atoms with van der Waals surface area (Å²) in [7, 11) is 0. The van der Waals surface area contributed by atoms with E-state index < -0.39 is 12.0 Å². The van der Waals surface area contributed by atoms with Crippen LogP contribution in [0.4, 0.5) is 10.2 Å². The van der Waals surface area contributed by atoms with Gasteiger partial charge >= 0.3 is 5.97 Å². The normalized spacial score (nSPS) is 19.7. The lowest BCUT2D eigenvalue weighted by Gasteiger charge is -2.27. The SMILES string of the molecule is CC(=O)[C@@H](N)CCC(=O)O.C[C@@H]1CCc2ncc(F)cc2[C@H]2CCCN2c2ccn3ncc(c3n2)C(=O)N1. The molecule has 2 aliphatic rings. The van der Waals surface area contributed by atoms with Crippen molar-refractivity contribution >= 4 is 29.1 Å². The molecule has 0 aromatic carbocycles. The average molecular weight is 526 g/mol. The molecule has 202 valence electrons. The third-order valence-electron chi connectivity index (χ3n) is 6.86. The Morgan fingerprint density at radius 2 is 2.11 bits per heavy atom. The molecule has 0 aliphatic carbocycles. The Morgan fingerprint density at radius 3 is 2.84 bits per heavy atom. The number of carbonyl (C=O) groups excluding carboxylic acids is 2. The highest BCUT2D eigenvalue weighted by atomic mass is 19.1. The number of hydrogen-bond donors (Lipinski definition) is 3. The van der Waals surface area contributed by atoms with E-state index in [2.05, 4.69) is 20.3 Å². The van der Waals surface area contributed by atoms with Crippen molar-refractivity contribution in [3.63, 3.8) is 0 Å². The van der Waals surface area contributed by atoms with Crippen LogP contribution in [0.2, 0.25) is 0 Å². The van der Waals surface area contributed by atoms with Gasteiger partial charge in [-0.3, -0.25) is 19.4 Å². The van der Waals surface area contributed by atoms with E-state index >= 15 is 0 Å². The van der Waals surface area contributed by atoms with Gasteiger partial charge in [-0.2, -0.15) is 5.10 Å². The zero-order chi connectivity index (χ0) is 27.4. The van der Waals surface area contributed by atoms with Crippen LogP contribution in [0.3, 0.4) is 0 Å². The van der Waals surface area contributed by atoms with Gasteiger partial charge in [-0.05, 0) is 63.6 Å². The summed E-state index contributed by atoms with van der Waals surface area (Å²) in [4.78, 5) is 44.5. The van der Waals surface area contributed by atoms with Gasteiger partial charge in [0.1, 0.15) is 23.0 Å². The van der Waals surface area contributed by atoms with Gasteiger partial charge in [0, 0.05) is 30.9 Å². The standard InChI is InChI=1S/C20H21FN6O.C6H11NO3/c1-12-4-5-16-14(9-13(21)10-22-16)17-3-2-7-26(17)18-6-8-27-19(25-18)15(11-23-27)20(28)24-12;1-4(8)5(7)2-3-6(9)10/h6,8-12,17H,2-5,7H2,1H3,(H,24,28);5H,2-3,7H2,1H3,(H,9,10)/t12-,17-;5-/m10/s1. The van der Waals surface area contributed by atoms with E-state index in [1.165, 1.54) is 13.1 Å². The Hall–Kier alpha value is -3.93. The molecule has 0 radical (unpaired) electrons. The summed E-state index contributed by atoms with van der Waals surface area (Å²) in [6.07, 6.45) is 8.15. The van der Waals surface area contributed by atoms with Crippen LogP contribution in [0.15, 0.2) is 30.7 Å². The second kappa shape index (κ2) is 11.6. The van der Waals surface area contributed by atoms with Gasteiger partial charge in [0.25, 0.3) is 5.91 Å². The maximum absolute atomic E-state index is 14.1. The zero-order valence-electron chi connectivity index (χ0n) is 21.4. The first-order valence-corrected chi connectivity index (χ1v) is 12.7. The highest BCUT2D eigenvalue weighted by Crippen LogP contribution is 2.37. The molecule has 11 nitrogen and oxygen atoms in total. The number of ketones is 1. The predicted octanol–water partition coefficient (Wildman–Crippen LogP) is 2.44. The number of carboxylic acid groups (broad SMARTS) is 1. The number of pyridine rings is 1. The molecule has 0 spiro atoms. The summed E-state index contributed by atoms with van der Waals surface area (Å²) in [6.45, 7) is 4.15. The van der Waals surface area contributed by atoms with Crippen LogP contribution in [-0.2, 0) is 16.0 Å². The maximum atomic E-state index is 14.1. The van der Waals surface area contributed by atoms with Gasteiger partial charge in [-0.15, -0.1) is 0 Å². The molecule has 3 aromatic heterocycles. The number of Topliss-reactive ketones (excluding diaryl/α,β-unsaturated/α-hetero) is 1. The molecule has 0 unspecified atom stereocenters. The molecular formula is C26H32FN7O4. The minimum atomic E-state index is -0.920. The highest BCUT2D eigenvalue weighted by Gasteiger charge is 2.31. The second-order valence-corrected chi connectivity index (χ2v) is 9.72. The van der Waals surface area contributed by atoms with Gasteiger partial charge in [0.15, 0.2) is 5.65 Å². The molecule has 5 rings (SSSR count). The number of hydrogen-bond acceptors (Lipinski definition) is 8. The van der Waals surface area contributed by atoms with E-state index in [1.54, 1.807) is 16.8 Å². The number of amides is 1. The fourth-order valence-corrected chi connectivity index (χ4v) is 4.73. The lowest BCUT2D eigenvalue weighted by molar-refractivity contribution is -0.137. The smallest absolute Gasteiger partial charge is 0.303 e.